The van der Waals surface area contributed by atoms with Crippen molar-refractivity contribution in [3.8, 4) is 11.1 Å². The van der Waals surface area contributed by atoms with Crippen molar-refractivity contribution in [1.29, 1.82) is 0 Å². The smallest absolute Gasteiger partial charge is 0.252 e. The standard InChI is InChI=1S/C21H22N2O2/c1-14-7-9-16(10-8-14)17-5-4-6-18-19(13-15(2)23-20(17)18)21(24)22-11-12-25-3/h4-10,13H,11-12H2,1-3H3,(H,22,24). The molecule has 0 saturated heterocycles. The number of carbonyl (C=O) groups excluding carboxylic acids is 1. The minimum absolute atomic E-state index is 0.103. The maximum absolute atomic E-state index is 12.6. The van der Waals surface area contributed by atoms with Crippen LogP contribution in [0.25, 0.3) is 22.0 Å². The molecule has 0 aliphatic heterocycles. The molecule has 0 spiro atoms. The van der Waals surface area contributed by atoms with Gasteiger partial charge in [0.25, 0.3) is 5.91 Å². The van der Waals surface area contributed by atoms with Crippen LogP contribution in [-0.4, -0.2) is 31.2 Å². The fourth-order valence-electron chi connectivity index (χ4n) is 2.89. The second-order valence-corrected chi connectivity index (χ2v) is 6.13. The molecule has 1 amide bonds. The number of aromatic nitrogens is 1. The van der Waals surface area contributed by atoms with E-state index >= 15 is 0 Å². The average molecular weight is 334 g/mol. The molecule has 0 radical (unpaired) electrons. The van der Waals surface area contributed by atoms with E-state index in [1.807, 2.05) is 31.2 Å². The van der Waals surface area contributed by atoms with Crippen LogP contribution in [0.5, 0.6) is 0 Å². The van der Waals surface area contributed by atoms with Gasteiger partial charge in [-0.05, 0) is 25.5 Å². The number of hydrogen-bond acceptors (Lipinski definition) is 3. The minimum atomic E-state index is -0.103. The van der Waals surface area contributed by atoms with Gasteiger partial charge in [-0.15, -0.1) is 0 Å². The van der Waals surface area contributed by atoms with E-state index in [2.05, 4.69) is 36.5 Å². The largest absolute Gasteiger partial charge is 0.383 e. The molecule has 25 heavy (non-hydrogen) atoms. The highest BCUT2D eigenvalue weighted by Crippen LogP contribution is 2.29. The van der Waals surface area contributed by atoms with Crippen LogP contribution in [0.1, 0.15) is 21.6 Å². The van der Waals surface area contributed by atoms with Gasteiger partial charge in [-0.3, -0.25) is 9.78 Å². The van der Waals surface area contributed by atoms with Gasteiger partial charge in [0.2, 0.25) is 0 Å². The summed E-state index contributed by atoms with van der Waals surface area (Å²) < 4.78 is 5.00. The lowest BCUT2D eigenvalue weighted by molar-refractivity contribution is 0.0938. The molecule has 0 saturated carbocycles. The molecule has 1 aromatic heterocycles. The maximum Gasteiger partial charge on any atom is 0.252 e. The van der Waals surface area contributed by atoms with Gasteiger partial charge in [-0.1, -0.05) is 48.0 Å². The lowest BCUT2D eigenvalue weighted by atomic mass is 9.98. The van der Waals surface area contributed by atoms with E-state index in [1.165, 1.54) is 5.56 Å². The van der Waals surface area contributed by atoms with Crippen molar-refractivity contribution in [2.75, 3.05) is 20.3 Å². The highest BCUT2D eigenvalue weighted by atomic mass is 16.5. The molecular weight excluding hydrogens is 312 g/mol. The Morgan fingerprint density at radius 3 is 2.60 bits per heavy atom. The summed E-state index contributed by atoms with van der Waals surface area (Å²) in [6.45, 7) is 4.95. The summed E-state index contributed by atoms with van der Waals surface area (Å²) in [5.74, 6) is -0.103. The van der Waals surface area contributed by atoms with Crippen molar-refractivity contribution in [2.45, 2.75) is 13.8 Å². The molecule has 3 aromatic rings. The first-order chi connectivity index (χ1) is 12.1. The van der Waals surface area contributed by atoms with Crippen molar-refractivity contribution in [3.05, 3.63) is 65.4 Å². The summed E-state index contributed by atoms with van der Waals surface area (Å²) in [6, 6.07) is 16.2. The molecule has 2 aromatic carbocycles. The number of methoxy groups -OCH3 is 1. The van der Waals surface area contributed by atoms with Gasteiger partial charge in [0.15, 0.2) is 0 Å². The molecule has 1 N–H and O–H groups in total. The number of benzene rings is 2. The zero-order chi connectivity index (χ0) is 17.8. The number of carbonyl (C=O) groups is 1. The van der Waals surface area contributed by atoms with Crippen molar-refractivity contribution < 1.29 is 9.53 Å². The Balaban J connectivity index is 2.10. The topological polar surface area (TPSA) is 51.2 Å². The molecule has 0 unspecified atom stereocenters. The number of aryl methyl sites for hydroxylation is 2. The summed E-state index contributed by atoms with van der Waals surface area (Å²) >= 11 is 0. The summed E-state index contributed by atoms with van der Waals surface area (Å²) in [5, 5.41) is 3.75. The number of fused-ring (bicyclic) bond motifs is 1. The Morgan fingerprint density at radius 1 is 1.12 bits per heavy atom. The van der Waals surface area contributed by atoms with E-state index in [1.54, 1.807) is 7.11 Å². The third kappa shape index (κ3) is 3.69. The number of ether oxygens (including phenoxy) is 1. The van der Waals surface area contributed by atoms with Crippen LogP contribution in [-0.2, 0) is 4.74 Å². The van der Waals surface area contributed by atoms with E-state index in [9.17, 15) is 4.79 Å². The molecule has 0 fully saturated rings. The van der Waals surface area contributed by atoms with Crippen molar-refractivity contribution in [1.82, 2.24) is 10.3 Å². The molecule has 0 aliphatic carbocycles. The third-order valence-electron chi connectivity index (χ3n) is 4.17. The summed E-state index contributed by atoms with van der Waals surface area (Å²) in [4.78, 5) is 17.3. The van der Waals surface area contributed by atoms with Gasteiger partial charge in [-0.25, -0.2) is 0 Å². The lowest BCUT2D eigenvalue weighted by Crippen LogP contribution is -2.27. The number of para-hydroxylation sites is 1. The Kier molecular flexibility index (Phi) is 5.10. The lowest BCUT2D eigenvalue weighted by Gasteiger charge is -2.12. The van der Waals surface area contributed by atoms with Gasteiger partial charge in [0, 0.05) is 30.3 Å². The predicted octanol–water partition coefficient (Wildman–Crippen LogP) is 3.89. The van der Waals surface area contributed by atoms with Crippen LogP contribution in [0.15, 0.2) is 48.5 Å². The maximum atomic E-state index is 12.6. The second kappa shape index (κ2) is 7.45. The van der Waals surface area contributed by atoms with Crippen LogP contribution < -0.4 is 5.32 Å². The molecule has 0 aliphatic rings. The normalized spacial score (nSPS) is 10.8. The molecule has 0 bridgehead atoms. The zero-order valence-corrected chi connectivity index (χ0v) is 14.8. The molecule has 128 valence electrons. The quantitative estimate of drug-likeness (QED) is 0.720. The van der Waals surface area contributed by atoms with E-state index < -0.39 is 0 Å². The van der Waals surface area contributed by atoms with Gasteiger partial charge in [0.1, 0.15) is 0 Å². The average Bonchev–Trinajstić information content (AvgIpc) is 2.61. The fraction of sp³-hybridized carbons (Fsp3) is 0.238. The number of rotatable bonds is 5. The Morgan fingerprint density at radius 2 is 1.88 bits per heavy atom. The SMILES string of the molecule is COCCNC(=O)c1cc(C)nc2c(-c3ccc(C)cc3)cccc12. The van der Waals surface area contributed by atoms with Crippen LogP contribution in [0.3, 0.4) is 0 Å². The van der Waals surface area contributed by atoms with Crippen LogP contribution in [0.4, 0.5) is 0 Å². The number of nitrogens with zero attached hydrogens (tertiary/aromatic N) is 1. The van der Waals surface area contributed by atoms with E-state index in [0.29, 0.717) is 18.7 Å². The van der Waals surface area contributed by atoms with Crippen molar-refractivity contribution in [2.24, 2.45) is 0 Å². The van der Waals surface area contributed by atoms with E-state index in [0.717, 1.165) is 27.7 Å². The van der Waals surface area contributed by atoms with Gasteiger partial charge < -0.3 is 10.1 Å². The highest BCUT2D eigenvalue weighted by Gasteiger charge is 2.14. The minimum Gasteiger partial charge on any atom is -0.383 e. The monoisotopic (exact) mass is 334 g/mol. The molecule has 1 heterocycles. The zero-order valence-electron chi connectivity index (χ0n) is 14.8. The molecule has 4 nitrogen and oxygen atoms in total. The summed E-state index contributed by atoms with van der Waals surface area (Å²) in [6.07, 6.45) is 0. The highest BCUT2D eigenvalue weighted by molar-refractivity contribution is 6.09. The van der Waals surface area contributed by atoms with E-state index in [4.69, 9.17) is 9.72 Å². The Bertz CT molecular complexity index is 902. The van der Waals surface area contributed by atoms with Gasteiger partial charge in [-0.2, -0.15) is 0 Å². The number of amides is 1. The van der Waals surface area contributed by atoms with Crippen molar-refractivity contribution in [3.63, 3.8) is 0 Å². The first-order valence-electron chi connectivity index (χ1n) is 8.34. The van der Waals surface area contributed by atoms with Crippen molar-refractivity contribution >= 4 is 16.8 Å². The van der Waals surface area contributed by atoms with E-state index in [-0.39, 0.29) is 5.91 Å². The molecule has 4 heteroatoms. The van der Waals surface area contributed by atoms with Crippen LogP contribution in [0.2, 0.25) is 0 Å². The summed E-state index contributed by atoms with van der Waals surface area (Å²) in [7, 11) is 1.62. The first kappa shape index (κ1) is 17.1. The van der Waals surface area contributed by atoms with Crippen LogP contribution >= 0.6 is 0 Å². The first-order valence-corrected chi connectivity index (χ1v) is 8.34. The van der Waals surface area contributed by atoms with Gasteiger partial charge in [0.05, 0.1) is 17.7 Å². The molecular formula is C21H22N2O2. The second-order valence-electron chi connectivity index (χ2n) is 6.13. The summed E-state index contributed by atoms with van der Waals surface area (Å²) in [5.41, 5.74) is 5.67. The molecule has 0 atom stereocenters. The number of nitrogens with one attached hydrogen (secondary N) is 1. The number of pyridine rings is 1. The Labute approximate surface area is 147 Å². The number of hydrogen-bond donors (Lipinski definition) is 1. The molecule has 3 rings (SSSR count). The van der Waals surface area contributed by atoms with Crippen LogP contribution in [0, 0.1) is 13.8 Å². The fourth-order valence-corrected chi connectivity index (χ4v) is 2.89. The predicted molar refractivity (Wildman–Crippen MR) is 101 cm³/mol. The third-order valence-corrected chi connectivity index (χ3v) is 4.17. The Hall–Kier alpha value is -2.72. The van der Waals surface area contributed by atoms with Gasteiger partial charge >= 0.3 is 0 Å².